The Morgan fingerprint density at radius 3 is 2.26 bits per heavy atom. The molecular weight excluding hydrogens is 495 g/mol. The van der Waals surface area contributed by atoms with E-state index in [1.807, 2.05) is 60.7 Å². The number of hydrogen-bond donors (Lipinski definition) is 0. The van der Waals surface area contributed by atoms with E-state index in [0.717, 1.165) is 11.1 Å². The maximum Gasteiger partial charge on any atom is 0.400 e. The van der Waals surface area contributed by atoms with E-state index < -0.39 is 30.1 Å². The number of rotatable bonds is 6. The summed E-state index contributed by atoms with van der Waals surface area (Å²) in [5.74, 6) is -2.67. The average molecular weight is 526 g/mol. The first-order valence-corrected chi connectivity index (χ1v) is 12.9. The van der Waals surface area contributed by atoms with Crippen molar-refractivity contribution in [3.63, 3.8) is 0 Å². The normalized spacial score (nSPS) is 18.4. The summed E-state index contributed by atoms with van der Waals surface area (Å²) in [7, 11) is 0. The van der Waals surface area contributed by atoms with E-state index in [-0.39, 0.29) is 31.5 Å². The van der Waals surface area contributed by atoms with Gasteiger partial charge in [-0.3, -0.25) is 14.2 Å². The van der Waals surface area contributed by atoms with Crippen LogP contribution >= 0.6 is 0 Å². The quantitative estimate of drug-likeness (QED) is 0.463. The van der Waals surface area contributed by atoms with Crippen molar-refractivity contribution in [3.05, 3.63) is 99.2 Å². The fraction of sp³-hybridized carbons (Fsp3) is 0.414. The molecule has 1 amide bonds. The van der Waals surface area contributed by atoms with Crippen LogP contribution in [0.5, 0.6) is 0 Å². The summed E-state index contributed by atoms with van der Waals surface area (Å²) < 4.78 is 48.7. The topological polar surface area (TPSA) is 64.4 Å². The number of fused-ring (bicyclic) bond motifs is 1. The minimum absolute atomic E-state index is 0.0330. The molecule has 200 valence electrons. The third-order valence-corrected chi connectivity index (χ3v) is 7.46. The SMILES string of the molecule is Cc1nc2c(c(=O)n1C(c1ccccc1)c1ccccc1)CCN(C(=O)C(CC1CCCO1)C(F)(F)F)C2. The van der Waals surface area contributed by atoms with Crippen molar-refractivity contribution >= 4 is 5.91 Å². The zero-order chi connectivity index (χ0) is 26.9. The van der Waals surface area contributed by atoms with Crippen LogP contribution in [-0.4, -0.2) is 45.8 Å². The van der Waals surface area contributed by atoms with Gasteiger partial charge in [0.05, 0.1) is 24.4 Å². The summed E-state index contributed by atoms with van der Waals surface area (Å²) >= 11 is 0. The number of alkyl halides is 3. The predicted molar refractivity (Wildman–Crippen MR) is 136 cm³/mol. The molecular formula is C29H30F3N3O3. The Balaban J connectivity index is 1.47. The molecule has 0 radical (unpaired) electrons. The highest BCUT2D eigenvalue weighted by molar-refractivity contribution is 5.80. The third-order valence-electron chi connectivity index (χ3n) is 7.46. The number of ether oxygens (including phenoxy) is 1. The number of amides is 1. The molecule has 1 saturated heterocycles. The molecule has 0 aliphatic carbocycles. The average Bonchev–Trinajstić information content (AvgIpc) is 3.43. The first kappa shape index (κ1) is 26.2. The molecule has 2 aliphatic rings. The fourth-order valence-corrected chi connectivity index (χ4v) is 5.56. The van der Waals surface area contributed by atoms with Crippen molar-refractivity contribution in [2.24, 2.45) is 5.92 Å². The van der Waals surface area contributed by atoms with Gasteiger partial charge in [-0.05, 0) is 43.7 Å². The van der Waals surface area contributed by atoms with Gasteiger partial charge in [0.25, 0.3) is 5.56 Å². The molecule has 6 nitrogen and oxygen atoms in total. The van der Waals surface area contributed by atoms with E-state index in [9.17, 15) is 22.8 Å². The maximum absolute atomic E-state index is 13.9. The lowest BCUT2D eigenvalue weighted by Gasteiger charge is -2.33. The molecule has 0 spiro atoms. The molecule has 0 N–H and O–H groups in total. The molecule has 1 aromatic heterocycles. The van der Waals surface area contributed by atoms with E-state index in [1.165, 1.54) is 4.90 Å². The zero-order valence-electron chi connectivity index (χ0n) is 21.2. The van der Waals surface area contributed by atoms with Crippen LogP contribution in [0.4, 0.5) is 13.2 Å². The Hall–Kier alpha value is -3.46. The van der Waals surface area contributed by atoms with Crippen molar-refractivity contribution in [1.29, 1.82) is 0 Å². The summed E-state index contributed by atoms with van der Waals surface area (Å²) in [6.45, 7) is 2.05. The van der Waals surface area contributed by atoms with Gasteiger partial charge in [-0.2, -0.15) is 13.2 Å². The number of carbonyl (C=O) groups is 1. The first-order valence-electron chi connectivity index (χ1n) is 12.9. The van der Waals surface area contributed by atoms with E-state index in [2.05, 4.69) is 4.98 Å². The smallest absolute Gasteiger partial charge is 0.378 e. The van der Waals surface area contributed by atoms with Gasteiger partial charge in [0.2, 0.25) is 5.91 Å². The van der Waals surface area contributed by atoms with Crippen molar-refractivity contribution in [1.82, 2.24) is 14.5 Å². The van der Waals surface area contributed by atoms with E-state index in [1.54, 1.807) is 11.5 Å². The van der Waals surface area contributed by atoms with E-state index in [0.29, 0.717) is 36.5 Å². The van der Waals surface area contributed by atoms with Gasteiger partial charge in [-0.15, -0.1) is 0 Å². The van der Waals surface area contributed by atoms with Crippen LogP contribution in [0.2, 0.25) is 0 Å². The number of halogens is 3. The molecule has 5 rings (SSSR count). The number of hydrogen-bond acceptors (Lipinski definition) is 4. The zero-order valence-corrected chi connectivity index (χ0v) is 21.2. The first-order chi connectivity index (χ1) is 18.2. The van der Waals surface area contributed by atoms with Crippen molar-refractivity contribution in [2.45, 2.75) is 57.5 Å². The van der Waals surface area contributed by atoms with Gasteiger partial charge < -0.3 is 9.64 Å². The lowest BCUT2D eigenvalue weighted by molar-refractivity contribution is -0.195. The molecule has 3 heterocycles. The summed E-state index contributed by atoms with van der Waals surface area (Å²) in [5, 5.41) is 0. The van der Waals surface area contributed by atoms with Crippen molar-refractivity contribution in [3.8, 4) is 0 Å². The van der Waals surface area contributed by atoms with Crippen LogP contribution < -0.4 is 5.56 Å². The lowest BCUT2D eigenvalue weighted by Crippen LogP contribution is -2.47. The summed E-state index contributed by atoms with van der Waals surface area (Å²) in [6.07, 6.45) is -4.25. The van der Waals surface area contributed by atoms with Gasteiger partial charge in [-0.25, -0.2) is 4.98 Å². The van der Waals surface area contributed by atoms with Gasteiger partial charge in [-0.1, -0.05) is 60.7 Å². The number of benzene rings is 2. The Kier molecular flexibility index (Phi) is 7.38. The molecule has 0 saturated carbocycles. The molecule has 2 atom stereocenters. The van der Waals surface area contributed by atoms with Crippen molar-refractivity contribution < 1.29 is 22.7 Å². The second-order valence-electron chi connectivity index (χ2n) is 9.96. The standard InChI is InChI=1S/C29H30F3N3O3/c1-19-33-25-18-34(28(37)24(29(30,31)32)17-22-13-8-16-38-22)15-14-23(25)27(36)35(19)26(20-9-4-2-5-10-20)21-11-6-3-7-12-21/h2-7,9-12,22,24,26H,8,13-18H2,1H3. The highest BCUT2D eigenvalue weighted by Crippen LogP contribution is 2.35. The minimum atomic E-state index is -4.67. The Morgan fingerprint density at radius 2 is 1.71 bits per heavy atom. The molecule has 38 heavy (non-hydrogen) atoms. The molecule has 1 fully saturated rings. The largest absolute Gasteiger partial charge is 0.400 e. The molecule has 3 aromatic rings. The second-order valence-corrected chi connectivity index (χ2v) is 9.96. The van der Waals surface area contributed by atoms with Gasteiger partial charge in [0, 0.05) is 18.7 Å². The lowest BCUT2D eigenvalue weighted by atomic mass is 9.95. The van der Waals surface area contributed by atoms with Crippen LogP contribution in [-0.2, 0) is 22.5 Å². The maximum atomic E-state index is 13.9. The van der Waals surface area contributed by atoms with Gasteiger partial charge >= 0.3 is 6.18 Å². The Morgan fingerprint density at radius 1 is 1.08 bits per heavy atom. The summed E-state index contributed by atoms with van der Waals surface area (Å²) in [6, 6.07) is 18.9. The van der Waals surface area contributed by atoms with Crippen LogP contribution in [0.25, 0.3) is 0 Å². The molecule has 2 unspecified atom stereocenters. The van der Waals surface area contributed by atoms with Crippen LogP contribution in [0.1, 0.15) is 53.5 Å². The molecule has 2 aliphatic heterocycles. The Labute approximate surface area is 219 Å². The molecule has 9 heteroatoms. The summed E-state index contributed by atoms with van der Waals surface area (Å²) in [4.78, 5) is 32.8. The van der Waals surface area contributed by atoms with Crippen molar-refractivity contribution in [2.75, 3.05) is 13.2 Å². The minimum Gasteiger partial charge on any atom is -0.378 e. The monoisotopic (exact) mass is 525 g/mol. The van der Waals surface area contributed by atoms with Gasteiger partial charge in [0.1, 0.15) is 11.7 Å². The predicted octanol–water partition coefficient (Wildman–Crippen LogP) is 4.82. The highest BCUT2D eigenvalue weighted by Gasteiger charge is 2.48. The second kappa shape index (κ2) is 10.7. The van der Waals surface area contributed by atoms with Gasteiger partial charge in [0.15, 0.2) is 0 Å². The van der Waals surface area contributed by atoms with Crippen LogP contribution in [0.15, 0.2) is 65.5 Å². The molecule has 0 bridgehead atoms. The van der Waals surface area contributed by atoms with E-state index >= 15 is 0 Å². The number of carbonyl (C=O) groups excluding carboxylic acids is 1. The Bertz CT molecular complexity index is 1300. The fourth-order valence-electron chi connectivity index (χ4n) is 5.56. The number of aromatic nitrogens is 2. The molecule has 2 aromatic carbocycles. The summed E-state index contributed by atoms with van der Waals surface area (Å²) in [5.41, 5.74) is 2.41. The van der Waals surface area contributed by atoms with Crippen LogP contribution in [0, 0.1) is 12.8 Å². The van der Waals surface area contributed by atoms with E-state index in [4.69, 9.17) is 4.74 Å². The number of aryl methyl sites for hydroxylation is 1. The highest BCUT2D eigenvalue weighted by atomic mass is 19.4. The van der Waals surface area contributed by atoms with Crippen LogP contribution in [0.3, 0.4) is 0 Å². The number of nitrogens with zero attached hydrogens (tertiary/aromatic N) is 3. The third kappa shape index (κ3) is 5.25.